The van der Waals surface area contributed by atoms with Crippen LogP contribution in [-0.4, -0.2) is 16.6 Å². The van der Waals surface area contributed by atoms with Gasteiger partial charge in [-0.2, -0.15) is 23.7 Å². The highest BCUT2D eigenvalue weighted by Crippen LogP contribution is 2.46. The number of nitrogens with zero attached hydrogens (tertiary/aromatic N) is 4. The van der Waals surface area contributed by atoms with Crippen LogP contribution in [0.3, 0.4) is 0 Å². The lowest BCUT2D eigenvalue weighted by Gasteiger charge is -2.32. The third-order valence-corrected chi connectivity index (χ3v) is 6.84. The molecule has 1 aliphatic carbocycles. The molecule has 1 saturated heterocycles. The topological polar surface area (TPSA) is 71.1 Å². The van der Waals surface area contributed by atoms with E-state index in [9.17, 15) is 18.0 Å². The van der Waals surface area contributed by atoms with Crippen LogP contribution >= 0.6 is 12.2 Å². The summed E-state index contributed by atoms with van der Waals surface area (Å²) in [5, 5.41) is 18.0. The minimum atomic E-state index is -4.74. The Balaban J connectivity index is 1.73. The summed E-state index contributed by atoms with van der Waals surface area (Å²) in [6.07, 6.45) is -0.0528. The summed E-state index contributed by atoms with van der Waals surface area (Å²) >= 11 is 5.68. The first-order valence-electron chi connectivity index (χ1n) is 11.0. The summed E-state index contributed by atoms with van der Waals surface area (Å²) in [6.45, 7) is 0. The van der Waals surface area contributed by atoms with Gasteiger partial charge < -0.3 is 4.90 Å². The van der Waals surface area contributed by atoms with E-state index < -0.39 is 22.8 Å². The third kappa shape index (κ3) is 4.01. The van der Waals surface area contributed by atoms with Crippen molar-refractivity contribution in [2.24, 2.45) is 0 Å². The summed E-state index contributed by atoms with van der Waals surface area (Å²) in [7, 11) is 0. The molecule has 2 aromatic rings. The molecule has 1 amide bonds. The van der Waals surface area contributed by atoms with E-state index in [1.165, 1.54) is 11.0 Å². The number of hydrogen-bond donors (Lipinski definition) is 0. The number of alkyl halides is 3. The highest BCUT2D eigenvalue weighted by atomic mass is 32.1. The summed E-state index contributed by atoms with van der Waals surface area (Å²) in [4.78, 5) is 16.7. The smallest absolute Gasteiger partial charge is 0.303 e. The second kappa shape index (κ2) is 9.08. The van der Waals surface area contributed by atoms with Gasteiger partial charge in [0.1, 0.15) is 5.54 Å². The van der Waals surface area contributed by atoms with Crippen molar-refractivity contribution in [2.75, 3.05) is 9.80 Å². The van der Waals surface area contributed by atoms with Gasteiger partial charge in [0, 0.05) is 12.1 Å². The Bertz CT molecular complexity index is 1200. The molecule has 0 unspecified atom stereocenters. The fraction of sp³-hybridized carbons (Fsp3) is 0.360. The Morgan fingerprint density at radius 1 is 1.03 bits per heavy atom. The Labute approximate surface area is 201 Å². The lowest BCUT2D eigenvalue weighted by molar-refractivity contribution is -0.137. The highest BCUT2D eigenvalue weighted by molar-refractivity contribution is 7.81. The van der Waals surface area contributed by atoms with Crippen LogP contribution in [0.15, 0.2) is 42.5 Å². The van der Waals surface area contributed by atoms with Gasteiger partial charge in [-0.1, -0.05) is 25.0 Å². The van der Waals surface area contributed by atoms with Gasteiger partial charge in [0.15, 0.2) is 5.11 Å². The summed E-state index contributed by atoms with van der Waals surface area (Å²) in [5.41, 5.74) is -0.780. The van der Waals surface area contributed by atoms with Crippen LogP contribution in [0.1, 0.15) is 55.2 Å². The lowest BCUT2D eigenvalue weighted by atomic mass is 9.94. The molecule has 5 nitrogen and oxygen atoms in total. The van der Waals surface area contributed by atoms with Crippen molar-refractivity contribution in [3.63, 3.8) is 0 Å². The van der Waals surface area contributed by atoms with Gasteiger partial charge in [-0.15, -0.1) is 0 Å². The van der Waals surface area contributed by atoms with Crippen molar-refractivity contribution in [1.29, 1.82) is 10.5 Å². The van der Waals surface area contributed by atoms with Crippen molar-refractivity contribution >= 4 is 34.6 Å². The molecule has 174 valence electrons. The zero-order valence-corrected chi connectivity index (χ0v) is 19.0. The molecule has 34 heavy (non-hydrogen) atoms. The molecule has 1 heterocycles. The third-order valence-electron chi connectivity index (χ3n) is 6.48. The summed E-state index contributed by atoms with van der Waals surface area (Å²) in [6, 6.07) is 14.5. The average molecular weight is 483 g/mol. The number of carbonyl (C=O) groups excluding carboxylic acids is 1. The molecule has 2 aliphatic rings. The van der Waals surface area contributed by atoms with Crippen molar-refractivity contribution in [1.82, 2.24) is 0 Å². The van der Waals surface area contributed by atoms with Gasteiger partial charge >= 0.3 is 6.18 Å². The average Bonchev–Trinajstić information content (AvgIpc) is 3.37. The molecule has 0 radical (unpaired) electrons. The van der Waals surface area contributed by atoms with Gasteiger partial charge in [-0.3, -0.25) is 9.69 Å². The first-order chi connectivity index (χ1) is 16.2. The second-order valence-corrected chi connectivity index (χ2v) is 8.88. The van der Waals surface area contributed by atoms with E-state index in [1.807, 2.05) is 24.3 Å². The van der Waals surface area contributed by atoms with Crippen LogP contribution in [0.2, 0.25) is 0 Å². The van der Waals surface area contributed by atoms with Crippen molar-refractivity contribution in [3.8, 4) is 12.1 Å². The number of carbonyl (C=O) groups is 1. The number of halogens is 3. The standard InChI is InChI=1S/C25H21F3N4OS/c26-25(27,28)21-15-20(11-8-18(21)16-30)31-22(33)24(12-2-3-13-24)32(23(31)34)19-9-6-17(7-10-19)5-1-4-14-29/h6-11,15H,1-5,12-13H2. The van der Waals surface area contributed by atoms with Gasteiger partial charge in [0.2, 0.25) is 0 Å². The molecule has 1 aliphatic heterocycles. The number of amides is 1. The quantitative estimate of drug-likeness (QED) is 0.394. The van der Waals surface area contributed by atoms with Crippen LogP contribution in [0.4, 0.5) is 24.5 Å². The normalized spacial score (nSPS) is 17.3. The molecule has 0 atom stereocenters. The monoisotopic (exact) mass is 482 g/mol. The van der Waals surface area contributed by atoms with Gasteiger partial charge in [-0.05, 0) is 73.8 Å². The van der Waals surface area contributed by atoms with Crippen LogP contribution in [0.25, 0.3) is 0 Å². The fourth-order valence-electron chi connectivity index (χ4n) is 4.84. The summed E-state index contributed by atoms with van der Waals surface area (Å²) < 4.78 is 40.7. The predicted molar refractivity (Wildman–Crippen MR) is 125 cm³/mol. The molecular formula is C25H21F3N4OS. The van der Waals surface area contributed by atoms with Crippen LogP contribution in [-0.2, 0) is 17.4 Å². The summed E-state index contributed by atoms with van der Waals surface area (Å²) in [5.74, 6) is -0.342. The molecule has 2 aromatic carbocycles. The number of nitriles is 2. The Hall–Kier alpha value is -3.43. The van der Waals surface area contributed by atoms with E-state index in [2.05, 4.69) is 6.07 Å². The molecular weight excluding hydrogens is 461 g/mol. The van der Waals surface area contributed by atoms with E-state index in [1.54, 1.807) is 11.0 Å². The van der Waals surface area contributed by atoms with Crippen molar-refractivity contribution in [3.05, 3.63) is 59.2 Å². The Morgan fingerprint density at radius 2 is 1.68 bits per heavy atom. The molecule has 1 saturated carbocycles. The van der Waals surface area contributed by atoms with E-state index >= 15 is 0 Å². The minimum Gasteiger partial charge on any atom is -0.303 e. The fourth-order valence-corrected chi connectivity index (χ4v) is 5.31. The van der Waals surface area contributed by atoms with Crippen molar-refractivity contribution < 1.29 is 18.0 Å². The maximum absolute atomic E-state index is 13.7. The minimum absolute atomic E-state index is 0.00298. The second-order valence-electron chi connectivity index (χ2n) is 8.51. The predicted octanol–water partition coefficient (Wildman–Crippen LogP) is 5.87. The first-order valence-corrected chi connectivity index (χ1v) is 11.4. The van der Waals surface area contributed by atoms with Gasteiger partial charge in [0.25, 0.3) is 5.91 Å². The Kier molecular flexibility index (Phi) is 6.33. The molecule has 0 N–H and O–H groups in total. The van der Waals surface area contributed by atoms with Crippen LogP contribution < -0.4 is 9.80 Å². The maximum atomic E-state index is 13.7. The molecule has 9 heteroatoms. The van der Waals surface area contributed by atoms with E-state index in [0.717, 1.165) is 43.4 Å². The van der Waals surface area contributed by atoms with Crippen molar-refractivity contribution in [2.45, 2.75) is 56.7 Å². The van der Waals surface area contributed by atoms with Crippen LogP contribution in [0, 0.1) is 22.7 Å². The number of rotatable bonds is 5. The molecule has 4 rings (SSSR count). The van der Waals surface area contributed by atoms with E-state index in [-0.39, 0.29) is 16.7 Å². The maximum Gasteiger partial charge on any atom is 0.417 e. The SMILES string of the molecule is N#CCCCc1ccc(N2C(=S)N(c3ccc(C#N)c(C(F)(F)F)c3)C(=O)C23CCCC3)cc1. The lowest BCUT2D eigenvalue weighted by Crippen LogP contribution is -2.47. The largest absolute Gasteiger partial charge is 0.417 e. The highest BCUT2D eigenvalue weighted by Gasteiger charge is 2.57. The number of benzene rings is 2. The molecule has 2 fully saturated rings. The molecule has 0 bridgehead atoms. The number of unbranched alkanes of at least 4 members (excludes halogenated alkanes) is 1. The number of thiocarbonyl (C=S) groups is 1. The number of anilines is 2. The van der Waals surface area contributed by atoms with Crippen LogP contribution in [0.5, 0.6) is 0 Å². The zero-order chi connectivity index (χ0) is 24.5. The number of aryl methyl sites for hydroxylation is 1. The van der Waals surface area contributed by atoms with E-state index in [4.69, 9.17) is 22.7 Å². The zero-order valence-electron chi connectivity index (χ0n) is 18.2. The van der Waals surface area contributed by atoms with E-state index in [0.29, 0.717) is 24.9 Å². The number of hydrogen-bond acceptors (Lipinski definition) is 4. The Morgan fingerprint density at radius 3 is 2.26 bits per heavy atom. The molecule has 1 spiro atoms. The van der Waals surface area contributed by atoms with Gasteiger partial charge in [0.05, 0.1) is 29.0 Å². The first kappa shape index (κ1) is 23.7. The van der Waals surface area contributed by atoms with Gasteiger partial charge in [-0.25, -0.2) is 0 Å². The molecule has 0 aromatic heterocycles.